The van der Waals surface area contributed by atoms with Gasteiger partial charge in [-0.2, -0.15) is 11.8 Å². The van der Waals surface area contributed by atoms with Crippen molar-refractivity contribution in [3.8, 4) is 0 Å². The minimum atomic E-state index is 0.177. The number of likely N-dealkylation sites (N-methyl/N-ethyl adjacent to an activating group) is 1. The van der Waals surface area contributed by atoms with Crippen molar-refractivity contribution in [2.24, 2.45) is 11.8 Å². The molecule has 1 saturated carbocycles. The molecule has 0 bridgehead atoms. The summed E-state index contributed by atoms with van der Waals surface area (Å²) in [6.45, 7) is 8.63. The number of amides is 1. The molecule has 4 atom stereocenters. The molecule has 1 saturated heterocycles. The zero-order chi connectivity index (χ0) is 15.2. The molecule has 3 nitrogen and oxygen atoms in total. The zero-order valence-corrected chi connectivity index (χ0v) is 14.7. The summed E-state index contributed by atoms with van der Waals surface area (Å²) >= 11 is 2.02. The second kappa shape index (κ2) is 8.42. The summed E-state index contributed by atoms with van der Waals surface area (Å²) in [5, 5.41) is 0.642. The predicted octanol–water partition coefficient (Wildman–Crippen LogP) is 3.57. The van der Waals surface area contributed by atoms with Crippen LogP contribution in [0.15, 0.2) is 0 Å². The minimum absolute atomic E-state index is 0.177. The number of hydrogen-bond donors (Lipinski definition) is 0. The van der Waals surface area contributed by atoms with E-state index in [1.54, 1.807) is 0 Å². The molecule has 0 spiro atoms. The van der Waals surface area contributed by atoms with Gasteiger partial charge in [0.25, 0.3) is 0 Å². The molecule has 4 unspecified atom stereocenters. The molecule has 0 aromatic rings. The zero-order valence-electron chi connectivity index (χ0n) is 13.8. The predicted molar refractivity (Wildman–Crippen MR) is 89.7 cm³/mol. The molecule has 2 aliphatic rings. The van der Waals surface area contributed by atoms with E-state index < -0.39 is 0 Å². The minimum Gasteiger partial charge on any atom is -0.368 e. The highest BCUT2D eigenvalue weighted by molar-refractivity contribution is 8.00. The summed E-state index contributed by atoms with van der Waals surface area (Å²) in [6.07, 6.45) is 6.42. The van der Waals surface area contributed by atoms with Crippen molar-refractivity contribution in [3.05, 3.63) is 0 Å². The van der Waals surface area contributed by atoms with Gasteiger partial charge in [-0.15, -0.1) is 0 Å². The van der Waals surface area contributed by atoms with Gasteiger partial charge in [0.1, 0.15) is 6.61 Å². The second-order valence-corrected chi connectivity index (χ2v) is 8.22. The fourth-order valence-electron chi connectivity index (χ4n) is 3.60. The normalized spacial score (nSPS) is 33.1. The van der Waals surface area contributed by atoms with E-state index in [1.807, 2.05) is 16.7 Å². The molecular weight excluding hydrogens is 282 g/mol. The first-order valence-electron chi connectivity index (χ1n) is 8.61. The number of rotatable bonds is 6. The van der Waals surface area contributed by atoms with Crippen LogP contribution in [-0.2, 0) is 9.53 Å². The summed E-state index contributed by atoms with van der Waals surface area (Å²) in [5.41, 5.74) is 0. The Morgan fingerprint density at radius 2 is 2.10 bits per heavy atom. The number of nitrogens with zero attached hydrogens (tertiary/aromatic N) is 1. The third-order valence-electron chi connectivity index (χ3n) is 4.96. The van der Waals surface area contributed by atoms with Crippen LogP contribution in [0.3, 0.4) is 0 Å². The first kappa shape index (κ1) is 17.1. The Morgan fingerprint density at radius 3 is 2.71 bits per heavy atom. The molecule has 122 valence electrons. The van der Waals surface area contributed by atoms with Gasteiger partial charge in [-0.05, 0) is 56.6 Å². The number of carbonyl (C=O) groups is 1. The molecular formula is C17H31NO2S. The molecule has 0 aromatic heterocycles. The molecule has 21 heavy (non-hydrogen) atoms. The lowest BCUT2D eigenvalue weighted by Crippen LogP contribution is -2.40. The number of hydrogen-bond acceptors (Lipinski definition) is 3. The maximum atomic E-state index is 12.4. The van der Waals surface area contributed by atoms with Crippen molar-refractivity contribution in [2.75, 3.05) is 25.4 Å². The van der Waals surface area contributed by atoms with Gasteiger partial charge in [-0.3, -0.25) is 4.79 Å². The van der Waals surface area contributed by atoms with Gasteiger partial charge in [-0.1, -0.05) is 13.8 Å². The molecule has 1 aliphatic carbocycles. The fourth-order valence-corrected chi connectivity index (χ4v) is 4.88. The largest absolute Gasteiger partial charge is 0.368 e. The van der Waals surface area contributed by atoms with Crippen LogP contribution < -0.4 is 0 Å². The molecule has 2 rings (SSSR count). The highest BCUT2D eigenvalue weighted by atomic mass is 32.2. The molecule has 0 aromatic carbocycles. The van der Waals surface area contributed by atoms with Crippen molar-refractivity contribution in [2.45, 2.75) is 64.2 Å². The van der Waals surface area contributed by atoms with Crippen LogP contribution in [0.4, 0.5) is 0 Å². The van der Waals surface area contributed by atoms with Crippen LogP contribution in [0.1, 0.15) is 52.9 Å². The maximum absolute atomic E-state index is 12.4. The van der Waals surface area contributed by atoms with Crippen LogP contribution >= 0.6 is 11.8 Å². The average Bonchev–Trinajstić information content (AvgIpc) is 2.96. The van der Waals surface area contributed by atoms with E-state index in [2.05, 4.69) is 20.8 Å². The van der Waals surface area contributed by atoms with Crippen molar-refractivity contribution >= 4 is 17.7 Å². The summed E-state index contributed by atoms with van der Waals surface area (Å²) in [4.78, 5) is 14.4. The average molecular weight is 314 g/mol. The Kier molecular flexibility index (Phi) is 6.87. The van der Waals surface area contributed by atoms with E-state index in [1.165, 1.54) is 31.4 Å². The molecule has 0 radical (unpaired) electrons. The molecule has 1 heterocycles. The Labute approximate surface area is 134 Å². The van der Waals surface area contributed by atoms with Crippen molar-refractivity contribution in [3.63, 3.8) is 0 Å². The van der Waals surface area contributed by atoms with Gasteiger partial charge in [0, 0.05) is 18.3 Å². The molecule has 1 aliphatic heterocycles. The molecule has 2 fully saturated rings. The SMILES string of the molecule is CCN(CC1CCCS1)C(=O)COC1CCC(C)CC1C. The van der Waals surface area contributed by atoms with Crippen molar-refractivity contribution in [1.29, 1.82) is 0 Å². The van der Waals surface area contributed by atoms with Gasteiger partial charge in [-0.25, -0.2) is 0 Å². The smallest absolute Gasteiger partial charge is 0.248 e. The van der Waals surface area contributed by atoms with Crippen LogP contribution in [0.2, 0.25) is 0 Å². The molecule has 0 N–H and O–H groups in total. The monoisotopic (exact) mass is 313 g/mol. The Bertz CT molecular complexity index is 331. The van der Waals surface area contributed by atoms with Crippen molar-refractivity contribution in [1.82, 2.24) is 4.90 Å². The number of thioether (sulfide) groups is 1. The lowest BCUT2D eigenvalue weighted by Gasteiger charge is -2.33. The summed E-state index contributed by atoms with van der Waals surface area (Å²) in [6, 6.07) is 0. The standard InChI is InChI=1S/C17H31NO2S/c1-4-18(11-15-6-5-9-21-15)17(19)12-20-16-8-7-13(2)10-14(16)3/h13-16H,4-12H2,1-3H3. The van der Waals surface area contributed by atoms with E-state index in [4.69, 9.17) is 4.74 Å². The van der Waals surface area contributed by atoms with Crippen molar-refractivity contribution < 1.29 is 9.53 Å². The third-order valence-corrected chi connectivity index (χ3v) is 6.34. The highest BCUT2D eigenvalue weighted by Crippen LogP contribution is 2.30. The number of ether oxygens (including phenoxy) is 1. The summed E-state index contributed by atoms with van der Waals surface area (Å²) in [5.74, 6) is 2.82. The van der Waals surface area contributed by atoms with E-state index in [0.29, 0.717) is 11.2 Å². The summed E-state index contributed by atoms with van der Waals surface area (Å²) in [7, 11) is 0. The lowest BCUT2D eigenvalue weighted by molar-refractivity contribution is -0.140. The Balaban J connectivity index is 1.74. The lowest BCUT2D eigenvalue weighted by atomic mass is 9.81. The van der Waals surface area contributed by atoms with E-state index in [9.17, 15) is 4.79 Å². The maximum Gasteiger partial charge on any atom is 0.248 e. The topological polar surface area (TPSA) is 29.5 Å². The summed E-state index contributed by atoms with van der Waals surface area (Å²) < 4.78 is 5.95. The Morgan fingerprint density at radius 1 is 1.29 bits per heavy atom. The van der Waals surface area contributed by atoms with Gasteiger partial charge >= 0.3 is 0 Å². The van der Waals surface area contributed by atoms with Gasteiger partial charge in [0.05, 0.1) is 6.10 Å². The van der Waals surface area contributed by atoms with Crippen LogP contribution in [0.25, 0.3) is 0 Å². The van der Waals surface area contributed by atoms with Gasteiger partial charge in [0.15, 0.2) is 0 Å². The molecule has 4 heteroatoms. The second-order valence-electron chi connectivity index (χ2n) is 6.81. The van der Waals surface area contributed by atoms with Gasteiger partial charge in [0.2, 0.25) is 5.91 Å². The fraction of sp³-hybridized carbons (Fsp3) is 0.941. The van der Waals surface area contributed by atoms with E-state index >= 15 is 0 Å². The van der Waals surface area contributed by atoms with Gasteiger partial charge < -0.3 is 9.64 Å². The quantitative estimate of drug-likeness (QED) is 0.751. The highest BCUT2D eigenvalue weighted by Gasteiger charge is 2.27. The Hall–Kier alpha value is -0.220. The number of carbonyl (C=O) groups excluding carboxylic acids is 1. The first-order valence-corrected chi connectivity index (χ1v) is 9.66. The van der Waals surface area contributed by atoms with Crippen LogP contribution in [0.5, 0.6) is 0 Å². The first-order chi connectivity index (χ1) is 10.1. The van der Waals surface area contributed by atoms with Crippen LogP contribution in [-0.4, -0.2) is 47.6 Å². The third kappa shape index (κ3) is 5.17. The van der Waals surface area contributed by atoms with Crippen LogP contribution in [0, 0.1) is 11.8 Å². The molecule has 1 amide bonds. The van der Waals surface area contributed by atoms with E-state index in [-0.39, 0.29) is 18.6 Å². The van der Waals surface area contributed by atoms with E-state index in [0.717, 1.165) is 25.4 Å².